The van der Waals surface area contributed by atoms with E-state index in [1.807, 2.05) is 0 Å². The topological polar surface area (TPSA) is 35.2 Å². The number of rotatable bonds is 6. The minimum absolute atomic E-state index is 0.113. The van der Waals surface area contributed by atoms with Crippen LogP contribution < -0.4 is 5.73 Å². The number of ether oxygens (including phenoxy) is 1. The van der Waals surface area contributed by atoms with Gasteiger partial charge in [-0.25, -0.2) is 0 Å². The van der Waals surface area contributed by atoms with Gasteiger partial charge in [0.1, 0.15) is 0 Å². The molecule has 14 heavy (non-hydrogen) atoms. The van der Waals surface area contributed by atoms with E-state index in [2.05, 4.69) is 34.6 Å². The summed E-state index contributed by atoms with van der Waals surface area (Å²) in [5.41, 5.74) is 6.37. The third-order valence-corrected chi connectivity index (χ3v) is 2.79. The Kier molecular flexibility index (Phi) is 5.68. The van der Waals surface area contributed by atoms with Crippen molar-refractivity contribution in [1.82, 2.24) is 0 Å². The monoisotopic (exact) mass is 201 g/mol. The van der Waals surface area contributed by atoms with Crippen molar-refractivity contribution < 1.29 is 4.74 Å². The summed E-state index contributed by atoms with van der Waals surface area (Å²) in [6.07, 6.45) is 3.06. The molecule has 0 aliphatic heterocycles. The van der Waals surface area contributed by atoms with E-state index in [1.54, 1.807) is 0 Å². The average Bonchev–Trinajstić information content (AvgIpc) is 2.11. The van der Waals surface area contributed by atoms with Gasteiger partial charge in [-0.15, -0.1) is 0 Å². The normalized spacial score (nSPS) is 13.3. The van der Waals surface area contributed by atoms with Gasteiger partial charge in [-0.3, -0.25) is 0 Å². The largest absolute Gasteiger partial charge is 0.380 e. The maximum absolute atomic E-state index is 6.12. The Balaban J connectivity index is 3.63. The predicted octanol–water partition coefficient (Wildman–Crippen LogP) is 2.96. The van der Waals surface area contributed by atoms with Crippen LogP contribution in [-0.4, -0.2) is 18.8 Å². The highest BCUT2D eigenvalue weighted by atomic mass is 16.5. The molecule has 0 saturated carbocycles. The van der Waals surface area contributed by atoms with E-state index in [4.69, 9.17) is 10.5 Å². The van der Waals surface area contributed by atoms with Crippen LogP contribution in [0.5, 0.6) is 0 Å². The minimum atomic E-state index is -0.113. The molecule has 86 valence electrons. The average molecular weight is 201 g/mol. The molecule has 2 N–H and O–H groups in total. The van der Waals surface area contributed by atoms with E-state index >= 15 is 0 Å². The molecule has 0 radical (unpaired) electrons. The first kappa shape index (κ1) is 13.9. The molecule has 0 aromatic carbocycles. The van der Waals surface area contributed by atoms with E-state index < -0.39 is 0 Å². The fraction of sp³-hybridized carbons (Fsp3) is 1.00. The molecule has 0 aliphatic rings. The third kappa shape index (κ3) is 6.39. The van der Waals surface area contributed by atoms with Gasteiger partial charge >= 0.3 is 0 Å². The van der Waals surface area contributed by atoms with Crippen LogP contribution in [0.3, 0.4) is 0 Å². The highest BCUT2D eigenvalue weighted by Crippen LogP contribution is 2.19. The lowest BCUT2D eigenvalue weighted by molar-refractivity contribution is 0.0644. The fourth-order valence-electron chi connectivity index (χ4n) is 1.11. The minimum Gasteiger partial charge on any atom is -0.380 e. The van der Waals surface area contributed by atoms with Crippen molar-refractivity contribution in [3.8, 4) is 0 Å². The lowest BCUT2D eigenvalue weighted by Gasteiger charge is -2.27. The molecule has 0 atom stereocenters. The molecule has 0 rings (SSSR count). The second-order valence-corrected chi connectivity index (χ2v) is 5.43. The van der Waals surface area contributed by atoms with Crippen LogP contribution in [0.25, 0.3) is 0 Å². The maximum Gasteiger partial charge on any atom is 0.0645 e. The Morgan fingerprint density at radius 1 is 1.07 bits per heavy atom. The maximum atomic E-state index is 6.12. The predicted molar refractivity (Wildman–Crippen MR) is 62.4 cm³/mol. The quantitative estimate of drug-likeness (QED) is 0.671. The van der Waals surface area contributed by atoms with Crippen molar-refractivity contribution in [3.05, 3.63) is 0 Å². The van der Waals surface area contributed by atoms with Crippen LogP contribution in [0, 0.1) is 5.41 Å². The van der Waals surface area contributed by atoms with Crippen LogP contribution >= 0.6 is 0 Å². The van der Waals surface area contributed by atoms with Gasteiger partial charge in [0.25, 0.3) is 0 Å². The van der Waals surface area contributed by atoms with Crippen LogP contribution in [0.1, 0.15) is 53.9 Å². The van der Waals surface area contributed by atoms with Gasteiger partial charge in [0, 0.05) is 12.1 Å². The standard InChI is InChI=1S/C12H27NO/c1-6-12(13,7-2)10-14-9-8-11(3,4)5/h6-10,13H2,1-5H3. The van der Waals surface area contributed by atoms with Gasteiger partial charge in [-0.1, -0.05) is 34.6 Å². The zero-order valence-corrected chi connectivity index (χ0v) is 10.5. The van der Waals surface area contributed by atoms with Gasteiger partial charge in [0.05, 0.1) is 6.61 Å². The molecule has 2 heteroatoms. The molecule has 0 amide bonds. The molecular weight excluding hydrogens is 174 g/mol. The molecule has 0 saturated heterocycles. The third-order valence-electron chi connectivity index (χ3n) is 2.79. The van der Waals surface area contributed by atoms with E-state index in [-0.39, 0.29) is 5.54 Å². The summed E-state index contributed by atoms with van der Waals surface area (Å²) in [5.74, 6) is 0. The summed E-state index contributed by atoms with van der Waals surface area (Å²) in [6, 6.07) is 0. The number of hydrogen-bond donors (Lipinski definition) is 1. The Labute approximate surface area is 89.2 Å². The second-order valence-electron chi connectivity index (χ2n) is 5.43. The highest BCUT2D eigenvalue weighted by molar-refractivity contribution is 4.80. The smallest absolute Gasteiger partial charge is 0.0645 e. The molecule has 0 aromatic rings. The molecule has 0 spiro atoms. The lowest BCUT2D eigenvalue weighted by atomic mass is 9.92. The van der Waals surface area contributed by atoms with Crippen LogP contribution in [0.2, 0.25) is 0 Å². The van der Waals surface area contributed by atoms with Gasteiger partial charge in [0.15, 0.2) is 0 Å². The number of hydrogen-bond acceptors (Lipinski definition) is 2. The molecule has 0 heterocycles. The SMILES string of the molecule is CCC(N)(CC)COCCC(C)(C)C. The molecule has 0 aliphatic carbocycles. The van der Waals surface area contributed by atoms with Crippen molar-refractivity contribution in [1.29, 1.82) is 0 Å². The van der Waals surface area contributed by atoms with Crippen LogP contribution in [0.15, 0.2) is 0 Å². The zero-order valence-electron chi connectivity index (χ0n) is 10.5. The molecule has 2 nitrogen and oxygen atoms in total. The molecule has 0 bridgehead atoms. The Hall–Kier alpha value is -0.0800. The van der Waals surface area contributed by atoms with Crippen molar-refractivity contribution in [2.24, 2.45) is 11.1 Å². The summed E-state index contributed by atoms with van der Waals surface area (Å²) < 4.78 is 5.63. The summed E-state index contributed by atoms with van der Waals surface area (Å²) in [4.78, 5) is 0. The van der Waals surface area contributed by atoms with E-state index in [9.17, 15) is 0 Å². The Morgan fingerprint density at radius 2 is 1.57 bits per heavy atom. The van der Waals surface area contributed by atoms with Crippen molar-refractivity contribution >= 4 is 0 Å². The summed E-state index contributed by atoms with van der Waals surface area (Å²) >= 11 is 0. The van der Waals surface area contributed by atoms with Gasteiger partial charge in [0.2, 0.25) is 0 Å². The molecule has 0 fully saturated rings. The fourth-order valence-corrected chi connectivity index (χ4v) is 1.11. The Morgan fingerprint density at radius 3 is 1.93 bits per heavy atom. The van der Waals surface area contributed by atoms with E-state index in [0.29, 0.717) is 12.0 Å². The van der Waals surface area contributed by atoms with Crippen molar-refractivity contribution in [3.63, 3.8) is 0 Å². The van der Waals surface area contributed by atoms with Gasteiger partial charge in [-0.05, 0) is 24.7 Å². The van der Waals surface area contributed by atoms with Crippen LogP contribution in [0.4, 0.5) is 0 Å². The first-order chi connectivity index (χ1) is 6.33. The van der Waals surface area contributed by atoms with Crippen molar-refractivity contribution in [2.75, 3.05) is 13.2 Å². The summed E-state index contributed by atoms with van der Waals surface area (Å²) in [5, 5.41) is 0. The molecule has 0 aromatic heterocycles. The second kappa shape index (κ2) is 5.72. The highest BCUT2D eigenvalue weighted by Gasteiger charge is 2.20. The van der Waals surface area contributed by atoms with Crippen molar-refractivity contribution in [2.45, 2.75) is 59.4 Å². The van der Waals surface area contributed by atoms with Crippen LogP contribution in [-0.2, 0) is 4.74 Å². The summed E-state index contributed by atoms with van der Waals surface area (Å²) in [6.45, 7) is 12.4. The Bertz CT molecular complexity index is 145. The summed E-state index contributed by atoms with van der Waals surface area (Å²) in [7, 11) is 0. The first-order valence-corrected chi connectivity index (χ1v) is 5.69. The molecular formula is C12H27NO. The lowest BCUT2D eigenvalue weighted by Crippen LogP contribution is -2.43. The van der Waals surface area contributed by atoms with Gasteiger partial charge in [-0.2, -0.15) is 0 Å². The zero-order chi connectivity index (χ0) is 11.2. The molecule has 0 unspecified atom stereocenters. The van der Waals surface area contributed by atoms with E-state index in [0.717, 1.165) is 25.9 Å². The van der Waals surface area contributed by atoms with Gasteiger partial charge < -0.3 is 10.5 Å². The first-order valence-electron chi connectivity index (χ1n) is 5.69. The number of nitrogens with two attached hydrogens (primary N) is 1. The van der Waals surface area contributed by atoms with E-state index in [1.165, 1.54) is 0 Å².